The molecule has 14 heteroatoms. The first-order valence-corrected chi connectivity index (χ1v) is 9.01. The highest BCUT2D eigenvalue weighted by molar-refractivity contribution is 5.95. The zero-order valence-electron chi connectivity index (χ0n) is 17.9. The Morgan fingerprint density at radius 1 is 0.971 bits per heavy atom. The van der Waals surface area contributed by atoms with E-state index in [0.717, 1.165) is 12.1 Å². The summed E-state index contributed by atoms with van der Waals surface area (Å²) < 4.78 is 49.7. The number of nitrogens with two attached hydrogens (primary N) is 2. The summed E-state index contributed by atoms with van der Waals surface area (Å²) in [5.41, 5.74) is 9.84. The fourth-order valence-electron chi connectivity index (χ4n) is 2.09. The fourth-order valence-corrected chi connectivity index (χ4v) is 2.09. The van der Waals surface area contributed by atoms with Crippen LogP contribution in [-0.2, 0) is 0 Å². The highest BCUT2D eigenvalue weighted by Gasteiger charge is 2.17. The lowest BCUT2D eigenvalue weighted by molar-refractivity contribution is -0.385. The van der Waals surface area contributed by atoms with Crippen LogP contribution in [0, 0.1) is 66.0 Å². The Hall–Kier alpha value is -4.67. The number of aryl methyl sites for hydroxylation is 3. The number of aromatic nitrogens is 3. The molecule has 0 bridgehead atoms. The Balaban J connectivity index is 0.000000259. The first-order chi connectivity index (χ1) is 15.8. The van der Waals surface area contributed by atoms with Crippen LogP contribution in [0.1, 0.15) is 32.9 Å². The highest BCUT2D eigenvalue weighted by Crippen LogP contribution is 2.18. The van der Waals surface area contributed by atoms with Crippen LogP contribution >= 0.6 is 0 Å². The molecule has 0 saturated heterocycles. The van der Waals surface area contributed by atoms with Crippen LogP contribution < -0.4 is 11.5 Å². The number of primary amides is 1. The number of halogens is 4. The maximum absolute atomic E-state index is 12.7. The van der Waals surface area contributed by atoms with Crippen LogP contribution in [0.25, 0.3) is 0 Å². The van der Waals surface area contributed by atoms with Crippen molar-refractivity contribution < 1.29 is 27.3 Å². The van der Waals surface area contributed by atoms with Crippen molar-refractivity contribution in [3.63, 3.8) is 0 Å². The number of nitrogen functional groups attached to an aromatic ring is 1. The Morgan fingerprint density at radius 3 is 1.97 bits per heavy atom. The number of pyridine rings is 3. The van der Waals surface area contributed by atoms with Gasteiger partial charge in [0.25, 0.3) is 5.91 Å². The van der Waals surface area contributed by atoms with E-state index in [1.807, 2.05) is 0 Å². The molecule has 3 aromatic heterocycles. The maximum Gasteiger partial charge on any atom is 0.306 e. The standard InChI is InChI=1S/C7H4FN3O2.C7H8FN3O.C6H5F2N/c1-4-2-6(11(12)13)5(3-9)10-7(4)8;1-3-2-4(9)5(7(10)12)11-6(3)8;1-4-2-3-5(7)9-6(4)8/h2H,1H3;2H,9H2,1H3,(H2,10,12);2-3H,1H3. The number of hydrogen-bond donors (Lipinski definition) is 2. The number of rotatable bonds is 2. The van der Waals surface area contributed by atoms with E-state index < -0.39 is 46.0 Å². The summed E-state index contributed by atoms with van der Waals surface area (Å²) in [5, 5.41) is 18.7. The highest BCUT2D eigenvalue weighted by atomic mass is 19.1. The van der Waals surface area contributed by atoms with E-state index in [4.69, 9.17) is 16.7 Å². The summed E-state index contributed by atoms with van der Waals surface area (Å²) in [6.45, 7) is 4.38. The quantitative estimate of drug-likeness (QED) is 0.244. The van der Waals surface area contributed by atoms with Crippen molar-refractivity contribution in [1.29, 1.82) is 5.26 Å². The molecule has 3 aromatic rings. The molecule has 0 aromatic carbocycles. The molecule has 0 unspecified atom stereocenters. The van der Waals surface area contributed by atoms with Gasteiger partial charge >= 0.3 is 5.69 Å². The lowest BCUT2D eigenvalue weighted by Crippen LogP contribution is -2.16. The van der Waals surface area contributed by atoms with Crippen molar-refractivity contribution in [2.75, 3.05) is 5.73 Å². The van der Waals surface area contributed by atoms with Gasteiger partial charge in [0.05, 0.1) is 10.6 Å². The Kier molecular flexibility index (Phi) is 9.50. The molecule has 3 rings (SSSR count). The smallest absolute Gasteiger partial charge is 0.306 e. The second-order valence-electron chi connectivity index (χ2n) is 6.47. The average Bonchev–Trinajstić information content (AvgIpc) is 2.75. The SMILES string of the molecule is Cc1cc(N)c(C(N)=O)nc1F.Cc1cc([N+](=O)[O-])c(C#N)nc1F.Cc1ccc(F)nc1F. The van der Waals surface area contributed by atoms with Gasteiger partial charge in [-0.2, -0.15) is 27.8 Å². The molecule has 0 radical (unpaired) electrons. The molecular formula is C20H17F4N7O3. The van der Waals surface area contributed by atoms with Crippen molar-refractivity contribution >= 4 is 17.3 Å². The van der Waals surface area contributed by atoms with Gasteiger partial charge in [0, 0.05) is 22.8 Å². The number of nitro groups is 1. The van der Waals surface area contributed by atoms with Crippen molar-refractivity contribution in [3.8, 4) is 6.07 Å². The number of carbonyl (C=O) groups is 1. The third-order valence-electron chi connectivity index (χ3n) is 3.85. The lowest BCUT2D eigenvalue weighted by Gasteiger charge is -2.01. The van der Waals surface area contributed by atoms with Gasteiger partial charge in [0.1, 0.15) is 6.07 Å². The minimum atomic E-state index is -0.859. The molecule has 0 atom stereocenters. The largest absolute Gasteiger partial charge is 0.397 e. The first kappa shape index (κ1) is 27.4. The molecular weight excluding hydrogens is 462 g/mol. The molecule has 3 heterocycles. The molecule has 4 N–H and O–H groups in total. The van der Waals surface area contributed by atoms with Crippen molar-refractivity contribution in [2.24, 2.45) is 5.73 Å². The van der Waals surface area contributed by atoms with Crippen LogP contribution in [0.4, 0.5) is 28.9 Å². The van der Waals surface area contributed by atoms with E-state index in [-0.39, 0.29) is 22.5 Å². The number of hydrogen-bond acceptors (Lipinski definition) is 8. The summed E-state index contributed by atoms with van der Waals surface area (Å²) in [4.78, 5) is 29.6. The third-order valence-corrected chi connectivity index (χ3v) is 3.85. The predicted octanol–water partition coefficient (Wildman–Crippen LogP) is 3.19. The second kappa shape index (κ2) is 11.8. The molecule has 0 fully saturated rings. The van der Waals surface area contributed by atoms with Gasteiger partial charge in [0.2, 0.25) is 29.5 Å². The van der Waals surface area contributed by atoms with Crippen LogP contribution in [-0.4, -0.2) is 25.8 Å². The number of anilines is 1. The van der Waals surface area contributed by atoms with E-state index in [0.29, 0.717) is 5.56 Å². The monoisotopic (exact) mass is 479 g/mol. The van der Waals surface area contributed by atoms with E-state index in [1.54, 1.807) is 0 Å². The Bertz CT molecular complexity index is 1280. The molecule has 0 aliphatic heterocycles. The van der Waals surface area contributed by atoms with E-state index in [9.17, 15) is 32.5 Å². The Labute approximate surface area is 190 Å². The molecule has 10 nitrogen and oxygen atoms in total. The van der Waals surface area contributed by atoms with Gasteiger partial charge in [0.15, 0.2) is 5.69 Å². The van der Waals surface area contributed by atoms with E-state index in [1.165, 1.54) is 39.0 Å². The van der Waals surface area contributed by atoms with E-state index in [2.05, 4.69) is 15.0 Å². The number of nitriles is 1. The fraction of sp³-hybridized carbons (Fsp3) is 0.150. The molecule has 1 amide bonds. The van der Waals surface area contributed by atoms with Gasteiger partial charge in [-0.25, -0.2) is 9.97 Å². The van der Waals surface area contributed by atoms with Crippen LogP contribution in [0.15, 0.2) is 24.3 Å². The third kappa shape index (κ3) is 7.48. The molecule has 178 valence electrons. The van der Waals surface area contributed by atoms with Crippen molar-refractivity contribution in [1.82, 2.24) is 15.0 Å². The molecule has 0 spiro atoms. The zero-order chi connectivity index (χ0) is 26.2. The lowest BCUT2D eigenvalue weighted by atomic mass is 10.2. The summed E-state index contributed by atoms with van der Waals surface area (Å²) in [6.07, 6.45) is 0. The van der Waals surface area contributed by atoms with Gasteiger partial charge < -0.3 is 11.5 Å². The summed E-state index contributed by atoms with van der Waals surface area (Å²) in [6, 6.07) is 6.23. The normalized spacial score (nSPS) is 9.59. The van der Waals surface area contributed by atoms with E-state index >= 15 is 0 Å². The van der Waals surface area contributed by atoms with Crippen molar-refractivity contribution in [3.05, 3.63) is 86.2 Å². The molecule has 0 aliphatic rings. The summed E-state index contributed by atoms with van der Waals surface area (Å²) >= 11 is 0. The van der Waals surface area contributed by atoms with Crippen LogP contribution in [0.2, 0.25) is 0 Å². The average molecular weight is 479 g/mol. The zero-order valence-corrected chi connectivity index (χ0v) is 17.9. The summed E-state index contributed by atoms with van der Waals surface area (Å²) in [7, 11) is 0. The summed E-state index contributed by atoms with van der Waals surface area (Å²) in [5.74, 6) is -3.93. The predicted molar refractivity (Wildman–Crippen MR) is 111 cm³/mol. The van der Waals surface area contributed by atoms with Gasteiger partial charge in [-0.15, -0.1) is 0 Å². The molecule has 34 heavy (non-hydrogen) atoms. The first-order valence-electron chi connectivity index (χ1n) is 9.01. The number of amides is 1. The van der Waals surface area contributed by atoms with Crippen LogP contribution in [0.3, 0.4) is 0 Å². The Morgan fingerprint density at radius 2 is 1.50 bits per heavy atom. The number of carbonyl (C=O) groups excluding carboxylic acids is 1. The van der Waals surface area contributed by atoms with Gasteiger partial charge in [-0.3, -0.25) is 14.9 Å². The number of nitrogens with zero attached hydrogens (tertiary/aromatic N) is 5. The van der Waals surface area contributed by atoms with Gasteiger partial charge in [-0.1, -0.05) is 6.07 Å². The minimum absolute atomic E-state index is 0.0469. The second-order valence-corrected chi connectivity index (χ2v) is 6.47. The topological polar surface area (TPSA) is 175 Å². The molecule has 0 saturated carbocycles. The minimum Gasteiger partial charge on any atom is -0.397 e. The maximum atomic E-state index is 12.7. The van der Waals surface area contributed by atoms with Crippen molar-refractivity contribution in [2.45, 2.75) is 20.8 Å². The van der Waals surface area contributed by atoms with Crippen LogP contribution in [0.5, 0.6) is 0 Å². The van der Waals surface area contributed by atoms with Gasteiger partial charge in [-0.05, 0) is 32.9 Å². The molecule has 0 aliphatic carbocycles.